The second-order valence-electron chi connectivity index (χ2n) is 3.98. The number of β-amino-alcohol motifs (C(OH)–C–C–N with tert-alkyl or cyclic N) is 1. The van der Waals surface area contributed by atoms with Gasteiger partial charge in [-0.05, 0) is 25.0 Å². The number of pyridine rings is 1. The molecule has 1 aromatic heterocycles. The predicted octanol–water partition coefficient (Wildman–Crippen LogP) is 0.880. The molecule has 0 radical (unpaired) electrons. The van der Waals surface area contributed by atoms with E-state index in [9.17, 15) is 13.5 Å². The lowest BCUT2D eigenvalue weighted by Gasteiger charge is -2.29. The molecule has 1 atom stereocenters. The smallest absolute Gasteiger partial charge is 0.244 e. The van der Waals surface area contributed by atoms with Crippen molar-refractivity contribution in [2.75, 3.05) is 13.1 Å². The maximum atomic E-state index is 12.2. The first-order valence-electron chi connectivity index (χ1n) is 5.30. The fourth-order valence-corrected chi connectivity index (χ4v) is 3.38. The van der Waals surface area contributed by atoms with E-state index in [1.54, 1.807) is 0 Å². The van der Waals surface area contributed by atoms with Crippen LogP contribution in [0.2, 0.25) is 5.15 Å². The van der Waals surface area contributed by atoms with Gasteiger partial charge in [-0.15, -0.1) is 0 Å². The molecule has 5 nitrogen and oxygen atoms in total. The molecule has 0 saturated carbocycles. The first-order valence-corrected chi connectivity index (χ1v) is 7.12. The molecule has 2 rings (SSSR count). The lowest BCUT2D eigenvalue weighted by Crippen LogP contribution is -2.42. The Labute approximate surface area is 105 Å². The standard InChI is InChI=1S/C10H13ClN2O3S/c11-10-4-3-9(6-12-10)17(15,16)13-5-1-2-8(14)7-13/h3-4,6,8,14H,1-2,5,7H2. The van der Waals surface area contributed by atoms with Gasteiger partial charge in [-0.2, -0.15) is 4.31 Å². The van der Waals surface area contributed by atoms with Crippen molar-refractivity contribution in [2.45, 2.75) is 23.8 Å². The van der Waals surface area contributed by atoms with Crippen LogP contribution in [0.15, 0.2) is 23.2 Å². The van der Waals surface area contributed by atoms with Gasteiger partial charge in [0.15, 0.2) is 0 Å². The van der Waals surface area contributed by atoms with Gasteiger partial charge < -0.3 is 5.11 Å². The molecule has 0 aromatic carbocycles. The van der Waals surface area contributed by atoms with Crippen LogP contribution in [-0.4, -0.2) is 42.0 Å². The molecule has 1 aliphatic heterocycles. The summed E-state index contributed by atoms with van der Waals surface area (Å²) < 4.78 is 25.6. The highest BCUT2D eigenvalue weighted by atomic mass is 35.5. The van der Waals surface area contributed by atoms with Crippen molar-refractivity contribution in [2.24, 2.45) is 0 Å². The van der Waals surface area contributed by atoms with Gasteiger partial charge in [0.1, 0.15) is 10.0 Å². The highest BCUT2D eigenvalue weighted by Gasteiger charge is 2.29. The van der Waals surface area contributed by atoms with Gasteiger partial charge in [-0.1, -0.05) is 11.6 Å². The zero-order valence-electron chi connectivity index (χ0n) is 9.08. The number of sulfonamides is 1. The van der Waals surface area contributed by atoms with Crippen LogP contribution < -0.4 is 0 Å². The zero-order chi connectivity index (χ0) is 12.5. The van der Waals surface area contributed by atoms with Crippen LogP contribution in [0.4, 0.5) is 0 Å². The minimum absolute atomic E-state index is 0.107. The van der Waals surface area contributed by atoms with Crippen molar-refractivity contribution in [3.63, 3.8) is 0 Å². The van der Waals surface area contributed by atoms with Crippen LogP contribution in [0.5, 0.6) is 0 Å². The molecule has 7 heteroatoms. The fraction of sp³-hybridized carbons (Fsp3) is 0.500. The van der Waals surface area contributed by atoms with Gasteiger partial charge in [0.25, 0.3) is 0 Å². The third-order valence-electron chi connectivity index (χ3n) is 2.70. The summed E-state index contributed by atoms with van der Waals surface area (Å²) >= 11 is 5.61. The largest absolute Gasteiger partial charge is 0.392 e. The lowest BCUT2D eigenvalue weighted by atomic mass is 10.1. The van der Waals surface area contributed by atoms with Crippen molar-refractivity contribution < 1.29 is 13.5 Å². The molecular formula is C10H13ClN2O3S. The second-order valence-corrected chi connectivity index (χ2v) is 6.30. The predicted molar refractivity (Wildman–Crippen MR) is 63.2 cm³/mol. The van der Waals surface area contributed by atoms with E-state index in [4.69, 9.17) is 11.6 Å². The molecule has 1 saturated heterocycles. The van der Waals surface area contributed by atoms with Crippen LogP contribution in [0, 0.1) is 0 Å². The number of piperidine rings is 1. The van der Waals surface area contributed by atoms with Crippen molar-refractivity contribution in [1.29, 1.82) is 0 Å². The first kappa shape index (κ1) is 12.8. The summed E-state index contributed by atoms with van der Waals surface area (Å²) in [4.78, 5) is 3.86. The highest BCUT2D eigenvalue weighted by molar-refractivity contribution is 7.89. The number of rotatable bonds is 2. The van der Waals surface area contributed by atoms with E-state index < -0.39 is 16.1 Å². The Balaban J connectivity index is 2.26. The van der Waals surface area contributed by atoms with Gasteiger partial charge in [-0.3, -0.25) is 0 Å². The summed E-state index contributed by atoms with van der Waals surface area (Å²) in [5.74, 6) is 0. The molecule has 1 unspecified atom stereocenters. The van der Waals surface area contributed by atoms with E-state index in [0.717, 1.165) is 0 Å². The first-order chi connectivity index (χ1) is 8.00. The van der Waals surface area contributed by atoms with E-state index in [0.29, 0.717) is 19.4 Å². The topological polar surface area (TPSA) is 70.5 Å². The van der Waals surface area contributed by atoms with Gasteiger partial charge in [0.05, 0.1) is 6.10 Å². The number of aromatic nitrogens is 1. The molecule has 17 heavy (non-hydrogen) atoms. The number of hydrogen-bond acceptors (Lipinski definition) is 4. The summed E-state index contributed by atoms with van der Waals surface area (Å²) in [7, 11) is -3.56. The summed E-state index contributed by atoms with van der Waals surface area (Å²) in [6, 6.07) is 2.86. The van der Waals surface area contributed by atoms with Gasteiger partial charge in [0.2, 0.25) is 10.0 Å². The molecule has 0 aliphatic carbocycles. The van der Waals surface area contributed by atoms with Crippen LogP contribution in [0.25, 0.3) is 0 Å². The minimum atomic E-state index is -3.56. The molecule has 0 amide bonds. The van der Waals surface area contributed by atoms with Gasteiger partial charge in [-0.25, -0.2) is 13.4 Å². The molecule has 1 fully saturated rings. The Kier molecular flexibility index (Phi) is 3.67. The molecule has 2 heterocycles. The Bertz CT molecular complexity index is 489. The number of aliphatic hydroxyl groups excluding tert-OH is 1. The van der Waals surface area contributed by atoms with Crippen molar-refractivity contribution in [3.05, 3.63) is 23.5 Å². The van der Waals surface area contributed by atoms with E-state index in [1.807, 2.05) is 0 Å². The average molecular weight is 277 g/mol. The summed E-state index contributed by atoms with van der Waals surface area (Å²) in [6.45, 7) is 0.576. The fourth-order valence-electron chi connectivity index (χ4n) is 1.80. The van der Waals surface area contributed by atoms with Gasteiger partial charge in [0, 0.05) is 19.3 Å². The van der Waals surface area contributed by atoms with Gasteiger partial charge >= 0.3 is 0 Å². The minimum Gasteiger partial charge on any atom is -0.392 e. The molecular weight excluding hydrogens is 264 g/mol. The molecule has 1 aliphatic rings. The van der Waals surface area contributed by atoms with Crippen LogP contribution >= 0.6 is 11.6 Å². The summed E-state index contributed by atoms with van der Waals surface area (Å²) in [5.41, 5.74) is 0. The number of halogens is 1. The SMILES string of the molecule is O=S(=O)(c1ccc(Cl)nc1)N1CCCC(O)C1. The van der Waals surface area contributed by atoms with E-state index in [1.165, 1.54) is 22.6 Å². The average Bonchev–Trinajstić information content (AvgIpc) is 2.29. The molecule has 94 valence electrons. The van der Waals surface area contributed by atoms with Crippen LogP contribution in [0.3, 0.4) is 0 Å². The maximum absolute atomic E-state index is 12.2. The van der Waals surface area contributed by atoms with Crippen molar-refractivity contribution >= 4 is 21.6 Å². The Hall–Kier alpha value is -0.690. The monoisotopic (exact) mass is 276 g/mol. The normalized spacial score (nSPS) is 22.6. The van der Waals surface area contributed by atoms with Crippen LogP contribution in [-0.2, 0) is 10.0 Å². The molecule has 1 N–H and O–H groups in total. The highest BCUT2D eigenvalue weighted by Crippen LogP contribution is 2.20. The molecule has 0 bridgehead atoms. The molecule has 1 aromatic rings. The number of aliphatic hydroxyl groups is 1. The Morgan fingerprint density at radius 2 is 2.24 bits per heavy atom. The van der Waals surface area contributed by atoms with Crippen molar-refractivity contribution in [3.8, 4) is 0 Å². The quantitative estimate of drug-likeness (QED) is 0.814. The van der Waals surface area contributed by atoms with Crippen molar-refractivity contribution in [1.82, 2.24) is 9.29 Å². The van der Waals surface area contributed by atoms with E-state index in [-0.39, 0.29) is 16.6 Å². The number of nitrogens with zero attached hydrogens (tertiary/aromatic N) is 2. The van der Waals surface area contributed by atoms with E-state index >= 15 is 0 Å². The second kappa shape index (κ2) is 4.89. The lowest BCUT2D eigenvalue weighted by molar-refractivity contribution is 0.108. The Morgan fingerprint density at radius 1 is 1.47 bits per heavy atom. The summed E-state index contributed by atoms with van der Waals surface area (Å²) in [6.07, 6.45) is 1.96. The number of hydrogen-bond donors (Lipinski definition) is 1. The third-order valence-corrected chi connectivity index (χ3v) is 4.77. The summed E-state index contributed by atoms with van der Waals surface area (Å²) in [5, 5.41) is 9.74. The maximum Gasteiger partial charge on any atom is 0.244 e. The van der Waals surface area contributed by atoms with Crippen LogP contribution in [0.1, 0.15) is 12.8 Å². The zero-order valence-corrected chi connectivity index (χ0v) is 10.7. The molecule has 0 spiro atoms. The third kappa shape index (κ3) is 2.77. The Morgan fingerprint density at radius 3 is 2.82 bits per heavy atom. The van der Waals surface area contributed by atoms with E-state index in [2.05, 4.69) is 4.98 Å².